The maximum atomic E-state index is 12.0. The number of hydrogen-bond donors (Lipinski definition) is 4. The number of ether oxygens (including phenoxy) is 1. The van der Waals surface area contributed by atoms with Crippen LogP contribution in [-0.2, 0) is 14.4 Å². The molecule has 0 aromatic heterocycles. The second-order valence-electron chi connectivity index (χ2n) is 6.37. The van der Waals surface area contributed by atoms with Gasteiger partial charge in [-0.15, -0.1) is 12.4 Å². The molecule has 0 fully saturated rings. The fourth-order valence-electron chi connectivity index (χ4n) is 2.33. The first kappa shape index (κ1) is 21.7. The van der Waals surface area contributed by atoms with E-state index >= 15 is 0 Å². The largest absolute Gasteiger partial charge is 0.482 e. The summed E-state index contributed by atoms with van der Waals surface area (Å²) in [7, 11) is 0. The van der Waals surface area contributed by atoms with Crippen LogP contribution >= 0.6 is 12.4 Å². The van der Waals surface area contributed by atoms with Crippen LogP contribution in [0.15, 0.2) is 18.2 Å². The van der Waals surface area contributed by atoms with Crippen LogP contribution in [0.2, 0.25) is 0 Å². The van der Waals surface area contributed by atoms with Gasteiger partial charge >= 0.3 is 0 Å². The summed E-state index contributed by atoms with van der Waals surface area (Å²) < 4.78 is 5.30. The molecule has 9 heteroatoms. The molecule has 0 spiro atoms. The zero-order chi connectivity index (χ0) is 18.6. The molecule has 1 heterocycles. The lowest BCUT2D eigenvalue weighted by atomic mass is 10.1. The highest BCUT2D eigenvalue weighted by Crippen LogP contribution is 2.30. The van der Waals surface area contributed by atoms with Crippen molar-refractivity contribution in [1.29, 1.82) is 0 Å². The van der Waals surface area contributed by atoms with Crippen molar-refractivity contribution in [1.82, 2.24) is 10.6 Å². The molecule has 8 nitrogen and oxygen atoms in total. The van der Waals surface area contributed by atoms with Gasteiger partial charge in [0, 0.05) is 0 Å². The Morgan fingerprint density at radius 2 is 2.00 bits per heavy atom. The summed E-state index contributed by atoms with van der Waals surface area (Å²) in [5.41, 5.74) is 7.11. The molecule has 5 N–H and O–H groups in total. The molecular formula is C17H25ClN4O4. The van der Waals surface area contributed by atoms with Crippen LogP contribution < -0.4 is 26.4 Å². The molecular weight excluding hydrogens is 360 g/mol. The highest BCUT2D eigenvalue weighted by Gasteiger charge is 2.20. The van der Waals surface area contributed by atoms with Crippen LogP contribution in [0.4, 0.5) is 5.69 Å². The van der Waals surface area contributed by atoms with Crippen molar-refractivity contribution in [3.63, 3.8) is 0 Å². The number of nitrogens with two attached hydrogens (primary N) is 1. The molecule has 1 aliphatic heterocycles. The third-order valence-electron chi connectivity index (χ3n) is 3.96. The minimum absolute atomic E-state index is 0. The SMILES string of the molecule is CC(NC(=O)CNC(=O)[C@@H](N)C(C)C)c1ccc2c(c1)NC(=O)CO2.Cl. The fourth-order valence-corrected chi connectivity index (χ4v) is 2.33. The van der Waals surface area contributed by atoms with Gasteiger partial charge in [-0.05, 0) is 30.5 Å². The van der Waals surface area contributed by atoms with E-state index in [9.17, 15) is 14.4 Å². The van der Waals surface area contributed by atoms with Crippen LogP contribution in [-0.4, -0.2) is 36.9 Å². The summed E-state index contributed by atoms with van der Waals surface area (Å²) in [6.45, 7) is 5.34. The van der Waals surface area contributed by atoms with E-state index in [-0.39, 0.29) is 55.2 Å². The smallest absolute Gasteiger partial charge is 0.262 e. The summed E-state index contributed by atoms with van der Waals surface area (Å²) in [4.78, 5) is 35.1. The Morgan fingerprint density at radius 3 is 2.65 bits per heavy atom. The van der Waals surface area contributed by atoms with Crippen molar-refractivity contribution in [3.05, 3.63) is 23.8 Å². The molecule has 0 radical (unpaired) electrons. The summed E-state index contributed by atoms with van der Waals surface area (Å²) in [5, 5.41) is 8.04. The molecule has 2 atom stereocenters. The number of hydrogen-bond acceptors (Lipinski definition) is 5. The topological polar surface area (TPSA) is 123 Å². The van der Waals surface area contributed by atoms with E-state index in [0.717, 1.165) is 5.56 Å². The number of carbonyl (C=O) groups excluding carboxylic acids is 3. The van der Waals surface area contributed by atoms with Gasteiger partial charge in [-0.2, -0.15) is 0 Å². The van der Waals surface area contributed by atoms with Crippen LogP contribution in [0.1, 0.15) is 32.4 Å². The van der Waals surface area contributed by atoms with E-state index in [4.69, 9.17) is 10.5 Å². The molecule has 1 aromatic carbocycles. The van der Waals surface area contributed by atoms with E-state index in [1.54, 1.807) is 12.1 Å². The molecule has 26 heavy (non-hydrogen) atoms. The van der Waals surface area contributed by atoms with Crippen molar-refractivity contribution in [2.75, 3.05) is 18.5 Å². The first-order valence-corrected chi connectivity index (χ1v) is 8.17. The molecule has 1 unspecified atom stereocenters. The fraction of sp³-hybridized carbons (Fsp3) is 0.471. The molecule has 0 saturated carbocycles. The average molecular weight is 385 g/mol. The predicted octanol–water partition coefficient (Wildman–Crippen LogP) is 0.716. The zero-order valence-electron chi connectivity index (χ0n) is 15.0. The number of benzene rings is 1. The lowest BCUT2D eigenvalue weighted by Gasteiger charge is -2.21. The Bertz CT molecular complexity index is 681. The first-order chi connectivity index (χ1) is 11.8. The van der Waals surface area contributed by atoms with Gasteiger partial charge < -0.3 is 26.4 Å². The third-order valence-corrected chi connectivity index (χ3v) is 3.96. The van der Waals surface area contributed by atoms with Crippen molar-refractivity contribution in [2.45, 2.75) is 32.9 Å². The molecule has 0 aliphatic carbocycles. The molecule has 3 amide bonds. The maximum Gasteiger partial charge on any atom is 0.262 e. The highest BCUT2D eigenvalue weighted by molar-refractivity contribution is 5.95. The number of anilines is 1. The van der Waals surface area contributed by atoms with E-state index < -0.39 is 6.04 Å². The Hall–Kier alpha value is -2.32. The van der Waals surface area contributed by atoms with Crippen LogP contribution in [0, 0.1) is 5.92 Å². The Kier molecular flexibility index (Phi) is 7.85. The van der Waals surface area contributed by atoms with E-state index in [2.05, 4.69) is 16.0 Å². The second-order valence-corrected chi connectivity index (χ2v) is 6.37. The Labute approximate surface area is 158 Å². The van der Waals surface area contributed by atoms with Gasteiger partial charge in [-0.25, -0.2) is 0 Å². The van der Waals surface area contributed by atoms with Crippen molar-refractivity contribution in [2.24, 2.45) is 11.7 Å². The first-order valence-electron chi connectivity index (χ1n) is 8.17. The van der Waals surface area contributed by atoms with Gasteiger partial charge in [0.25, 0.3) is 5.91 Å². The normalized spacial score (nSPS) is 14.9. The predicted molar refractivity (Wildman–Crippen MR) is 100 cm³/mol. The summed E-state index contributed by atoms with van der Waals surface area (Å²) in [6.07, 6.45) is 0. The molecule has 2 rings (SSSR count). The summed E-state index contributed by atoms with van der Waals surface area (Å²) in [5.74, 6) is -0.307. The molecule has 0 bridgehead atoms. The van der Waals surface area contributed by atoms with Crippen molar-refractivity contribution < 1.29 is 19.1 Å². The summed E-state index contributed by atoms with van der Waals surface area (Å²) >= 11 is 0. The van der Waals surface area contributed by atoms with Crippen LogP contribution in [0.5, 0.6) is 5.75 Å². The molecule has 0 saturated heterocycles. The van der Waals surface area contributed by atoms with E-state index in [0.29, 0.717) is 11.4 Å². The lowest BCUT2D eigenvalue weighted by Crippen LogP contribution is -2.47. The number of rotatable bonds is 6. The number of amides is 3. The minimum Gasteiger partial charge on any atom is -0.482 e. The highest BCUT2D eigenvalue weighted by atomic mass is 35.5. The number of carbonyl (C=O) groups is 3. The van der Waals surface area contributed by atoms with Gasteiger partial charge in [0.2, 0.25) is 11.8 Å². The minimum atomic E-state index is -0.644. The molecule has 1 aliphatic rings. The van der Waals surface area contributed by atoms with Crippen LogP contribution in [0.3, 0.4) is 0 Å². The maximum absolute atomic E-state index is 12.0. The average Bonchev–Trinajstić information content (AvgIpc) is 2.58. The zero-order valence-corrected chi connectivity index (χ0v) is 15.8. The Balaban J connectivity index is 0.00000338. The molecule has 1 aromatic rings. The van der Waals surface area contributed by atoms with Gasteiger partial charge in [0.1, 0.15) is 5.75 Å². The molecule has 144 valence electrons. The second kappa shape index (κ2) is 9.40. The number of fused-ring (bicyclic) bond motifs is 1. The monoisotopic (exact) mass is 384 g/mol. The number of nitrogens with one attached hydrogen (secondary N) is 3. The van der Waals surface area contributed by atoms with E-state index in [1.165, 1.54) is 0 Å². The van der Waals surface area contributed by atoms with Crippen molar-refractivity contribution >= 4 is 35.8 Å². The van der Waals surface area contributed by atoms with Gasteiger partial charge in [-0.3, -0.25) is 14.4 Å². The summed E-state index contributed by atoms with van der Waals surface area (Å²) in [6, 6.07) is 4.37. The van der Waals surface area contributed by atoms with Crippen LogP contribution in [0.25, 0.3) is 0 Å². The quantitative estimate of drug-likeness (QED) is 0.575. The van der Waals surface area contributed by atoms with Gasteiger partial charge in [0.05, 0.1) is 24.3 Å². The number of halogens is 1. The van der Waals surface area contributed by atoms with Gasteiger partial charge in [0.15, 0.2) is 6.61 Å². The lowest BCUT2D eigenvalue weighted by molar-refractivity contribution is -0.127. The Morgan fingerprint density at radius 1 is 1.31 bits per heavy atom. The third kappa shape index (κ3) is 5.60. The van der Waals surface area contributed by atoms with E-state index in [1.807, 2.05) is 26.8 Å². The van der Waals surface area contributed by atoms with Gasteiger partial charge in [-0.1, -0.05) is 19.9 Å². The standard InChI is InChI=1S/C17H24N4O4.ClH/c1-9(2)16(18)17(24)19-7-14(22)20-10(3)11-4-5-13-12(6-11)21-15(23)8-25-13;/h4-6,9-10,16H,7-8,18H2,1-3H3,(H,19,24)(H,20,22)(H,21,23);1H/t10?,16-;/m0./s1. The van der Waals surface area contributed by atoms with Crippen molar-refractivity contribution in [3.8, 4) is 5.75 Å².